The zero-order valence-corrected chi connectivity index (χ0v) is 10.6. The van der Waals surface area contributed by atoms with Crippen LogP contribution in [0.25, 0.3) is 0 Å². The van der Waals surface area contributed by atoms with Crippen molar-refractivity contribution >= 4 is 11.9 Å². The molecular formula is C13H17N3O3. The molecule has 0 spiro atoms. The molecule has 0 aromatic carbocycles. The van der Waals surface area contributed by atoms with Crippen molar-refractivity contribution in [2.75, 3.05) is 0 Å². The number of aromatic nitrogens is 2. The van der Waals surface area contributed by atoms with E-state index in [-0.39, 0.29) is 17.5 Å². The van der Waals surface area contributed by atoms with Gasteiger partial charge in [0.25, 0.3) is 0 Å². The van der Waals surface area contributed by atoms with Gasteiger partial charge in [-0.25, -0.2) is 9.78 Å². The number of hydrogen-bond acceptors (Lipinski definition) is 3. The van der Waals surface area contributed by atoms with Gasteiger partial charge in [0, 0.05) is 5.92 Å². The van der Waals surface area contributed by atoms with Crippen molar-refractivity contribution in [1.29, 1.82) is 0 Å². The van der Waals surface area contributed by atoms with Gasteiger partial charge >= 0.3 is 5.97 Å². The number of imidazole rings is 1. The van der Waals surface area contributed by atoms with E-state index in [9.17, 15) is 9.59 Å². The second kappa shape index (κ2) is 4.36. The number of nitrogens with zero attached hydrogens (tertiary/aromatic N) is 1. The maximum atomic E-state index is 12.1. The van der Waals surface area contributed by atoms with Crippen molar-refractivity contribution < 1.29 is 14.7 Å². The maximum absolute atomic E-state index is 12.1. The Morgan fingerprint density at radius 2 is 2.11 bits per heavy atom. The lowest BCUT2D eigenvalue weighted by atomic mass is 9.74. The van der Waals surface area contributed by atoms with Crippen molar-refractivity contribution in [3.05, 3.63) is 17.7 Å². The molecule has 2 aliphatic rings. The fourth-order valence-electron chi connectivity index (χ4n) is 2.63. The molecule has 3 N–H and O–H groups in total. The Balaban J connectivity index is 1.77. The Hall–Kier alpha value is -1.85. The topological polar surface area (TPSA) is 95.1 Å². The fourth-order valence-corrected chi connectivity index (χ4v) is 2.63. The highest BCUT2D eigenvalue weighted by molar-refractivity contribution is 5.85. The minimum absolute atomic E-state index is 0.0687. The van der Waals surface area contributed by atoms with Gasteiger partial charge in [0.15, 0.2) is 0 Å². The largest absolute Gasteiger partial charge is 0.477 e. The summed E-state index contributed by atoms with van der Waals surface area (Å²) in [6.07, 6.45) is 7.01. The highest BCUT2D eigenvalue weighted by Gasteiger charge is 2.44. The summed E-state index contributed by atoms with van der Waals surface area (Å²) in [5, 5.41) is 12.0. The van der Waals surface area contributed by atoms with Crippen molar-refractivity contribution in [2.45, 2.75) is 44.1 Å². The third kappa shape index (κ3) is 2.01. The molecule has 0 aliphatic heterocycles. The molecule has 0 unspecified atom stereocenters. The Morgan fingerprint density at radius 3 is 2.53 bits per heavy atom. The number of rotatable bonds is 4. The molecule has 0 atom stereocenters. The molecular weight excluding hydrogens is 246 g/mol. The number of nitrogens with one attached hydrogen (secondary N) is 2. The molecule has 102 valence electrons. The number of carboxylic acid groups (broad SMARTS) is 1. The monoisotopic (exact) mass is 263 g/mol. The zero-order chi connectivity index (χ0) is 13.5. The molecule has 2 fully saturated rings. The van der Waals surface area contributed by atoms with E-state index in [0.717, 1.165) is 38.5 Å². The highest BCUT2D eigenvalue weighted by Crippen LogP contribution is 2.40. The van der Waals surface area contributed by atoms with Crippen LogP contribution in [0.1, 0.15) is 54.8 Å². The summed E-state index contributed by atoms with van der Waals surface area (Å²) in [5.41, 5.74) is -0.403. The molecule has 0 bridgehead atoms. The van der Waals surface area contributed by atoms with E-state index in [1.165, 1.54) is 6.20 Å². The lowest BCUT2D eigenvalue weighted by Crippen LogP contribution is -2.53. The van der Waals surface area contributed by atoms with Crippen molar-refractivity contribution in [1.82, 2.24) is 15.3 Å². The van der Waals surface area contributed by atoms with Crippen molar-refractivity contribution in [2.24, 2.45) is 5.92 Å². The number of amides is 1. The van der Waals surface area contributed by atoms with E-state index in [1.54, 1.807) is 0 Å². The van der Waals surface area contributed by atoms with E-state index < -0.39 is 11.5 Å². The normalized spacial score (nSPS) is 21.3. The number of hydrogen-bond donors (Lipinski definition) is 3. The summed E-state index contributed by atoms with van der Waals surface area (Å²) in [6.45, 7) is 0. The molecule has 2 saturated carbocycles. The van der Waals surface area contributed by atoms with Crippen molar-refractivity contribution in [3.63, 3.8) is 0 Å². The number of carbonyl (C=O) groups is 2. The summed E-state index contributed by atoms with van der Waals surface area (Å²) in [6, 6.07) is 0. The van der Waals surface area contributed by atoms with Gasteiger partial charge in [0.2, 0.25) is 5.91 Å². The molecule has 1 heterocycles. The predicted molar refractivity (Wildman–Crippen MR) is 66.6 cm³/mol. The summed E-state index contributed by atoms with van der Waals surface area (Å²) >= 11 is 0. The van der Waals surface area contributed by atoms with Gasteiger partial charge in [-0.2, -0.15) is 0 Å². The van der Waals surface area contributed by atoms with Crippen LogP contribution < -0.4 is 5.32 Å². The third-order valence-electron chi connectivity index (χ3n) is 4.31. The van der Waals surface area contributed by atoms with Gasteiger partial charge in [-0.15, -0.1) is 0 Å². The summed E-state index contributed by atoms with van der Waals surface area (Å²) in [7, 11) is 0. The van der Waals surface area contributed by atoms with Gasteiger partial charge in [-0.05, 0) is 32.1 Å². The first-order valence-electron chi connectivity index (χ1n) is 6.71. The summed E-state index contributed by atoms with van der Waals surface area (Å²) < 4.78 is 0. The van der Waals surface area contributed by atoms with Gasteiger partial charge in [0.1, 0.15) is 11.5 Å². The third-order valence-corrected chi connectivity index (χ3v) is 4.31. The Labute approximate surface area is 110 Å². The second-order valence-electron chi connectivity index (χ2n) is 5.50. The van der Waals surface area contributed by atoms with Crippen LogP contribution in [0.15, 0.2) is 6.20 Å². The molecule has 19 heavy (non-hydrogen) atoms. The minimum Gasteiger partial charge on any atom is -0.477 e. The molecule has 6 nitrogen and oxygen atoms in total. The molecule has 1 aromatic rings. The first-order valence-corrected chi connectivity index (χ1v) is 6.71. The van der Waals surface area contributed by atoms with Gasteiger partial charge in [0.05, 0.1) is 11.7 Å². The van der Waals surface area contributed by atoms with Crippen LogP contribution in [0.2, 0.25) is 0 Å². The molecule has 0 radical (unpaired) electrons. The SMILES string of the molecule is O=C(O)c1cnc(C2(NC(=O)C3CCC3)CCC2)[nH]1. The van der Waals surface area contributed by atoms with E-state index in [1.807, 2.05) is 0 Å². The van der Waals surface area contributed by atoms with E-state index in [4.69, 9.17) is 5.11 Å². The van der Waals surface area contributed by atoms with Gasteiger partial charge in [-0.1, -0.05) is 6.42 Å². The molecule has 0 saturated heterocycles. The first kappa shape index (κ1) is 12.2. The molecule has 2 aliphatic carbocycles. The smallest absolute Gasteiger partial charge is 0.353 e. The lowest BCUT2D eigenvalue weighted by Gasteiger charge is -2.42. The van der Waals surface area contributed by atoms with Crippen molar-refractivity contribution in [3.8, 4) is 0 Å². The summed E-state index contributed by atoms with van der Waals surface area (Å²) in [5.74, 6) is -0.243. The van der Waals surface area contributed by atoms with Crippen LogP contribution in [0.4, 0.5) is 0 Å². The van der Waals surface area contributed by atoms with E-state index in [0.29, 0.717) is 5.82 Å². The summed E-state index contributed by atoms with van der Waals surface area (Å²) in [4.78, 5) is 29.9. The number of carbonyl (C=O) groups excluding carboxylic acids is 1. The molecule has 1 amide bonds. The van der Waals surface area contributed by atoms with Gasteiger partial charge in [-0.3, -0.25) is 4.79 Å². The van der Waals surface area contributed by atoms with Crippen LogP contribution in [0.5, 0.6) is 0 Å². The van der Waals surface area contributed by atoms with Crippen LogP contribution in [0.3, 0.4) is 0 Å². The average Bonchev–Trinajstić information content (AvgIpc) is 2.70. The quantitative estimate of drug-likeness (QED) is 0.765. The molecule has 1 aromatic heterocycles. The Bertz CT molecular complexity index is 515. The van der Waals surface area contributed by atoms with E-state index >= 15 is 0 Å². The average molecular weight is 263 g/mol. The van der Waals surface area contributed by atoms with Crippen LogP contribution in [-0.4, -0.2) is 27.0 Å². The van der Waals surface area contributed by atoms with Crippen LogP contribution >= 0.6 is 0 Å². The number of aromatic amines is 1. The lowest BCUT2D eigenvalue weighted by molar-refractivity contribution is -0.131. The predicted octanol–water partition coefficient (Wildman–Crippen LogP) is 1.40. The minimum atomic E-state index is -1.03. The highest BCUT2D eigenvalue weighted by atomic mass is 16.4. The Kier molecular flexibility index (Phi) is 2.80. The fraction of sp³-hybridized carbons (Fsp3) is 0.615. The van der Waals surface area contributed by atoms with E-state index in [2.05, 4.69) is 15.3 Å². The Morgan fingerprint density at radius 1 is 1.37 bits per heavy atom. The zero-order valence-electron chi connectivity index (χ0n) is 10.6. The van der Waals surface area contributed by atoms with Crippen LogP contribution in [0, 0.1) is 5.92 Å². The molecule has 3 rings (SSSR count). The number of carboxylic acids is 1. The number of aromatic carboxylic acids is 1. The number of H-pyrrole nitrogens is 1. The first-order chi connectivity index (χ1) is 9.11. The van der Waals surface area contributed by atoms with Gasteiger partial charge < -0.3 is 15.4 Å². The van der Waals surface area contributed by atoms with Crippen LogP contribution in [-0.2, 0) is 10.3 Å². The maximum Gasteiger partial charge on any atom is 0.353 e. The second-order valence-corrected chi connectivity index (χ2v) is 5.50. The molecule has 6 heteroatoms. The standard InChI is InChI=1S/C13H17N3O3/c17-10(8-3-1-4-8)16-13(5-2-6-13)12-14-7-9(15-12)11(18)19/h7-8H,1-6H2,(H,14,15)(H,16,17)(H,18,19).